The van der Waals surface area contributed by atoms with E-state index in [4.69, 9.17) is 27.2 Å². The highest BCUT2D eigenvalue weighted by Gasteiger charge is 2.19. The van der Waals surface area contributed by atoms with Crippen molar-refractivity contribution in [2.24, 2.45) is 5.73 Å². The lowest BCUT2D eigenvalue weighted by Gasteiger charge is -2.20. The highest BCUT2D eigenvalue weighted by Crippen LogP contribution is 2.36. The van der Waals surface area contributed by atoms with E-state index in [1.165, 1.54) is 0 Å². The first-order chi connectivity index (χ1) is 8.38. The van der Waals surface area contributed by atoms with Crippen LogP contribution >= 0.6 is 11.6 Å². The second-order valence-corrected chi connectivity index (χ2v) is 4.69. The molecule has 1 rings (SSSR count). The fraction of sp³-hybridized carbons (Fsp3) is 0.462. The van der Waals surface area contributed by atoms with Crippen LogP contribution < -0.4 is 10.5 Å². The van der Waals surface area contributed by atoms with Gasteiger partial charge < -0.3 is 15.6 Å². The number of carbonyl (C=O) groups is 1. The van der Waals surface area contributed by atoms with Gasteiger partial charge in [-0.25, -0.2) is 0 Å². The summed E-state index contributed by atoms with van der Waals surface area (Å²) in [5.74, 6) is -0.203. The van der Waals surface area contributed by atoms with Crippen molar-refractivity contribution in [3.8, 4) is 5.75 Å². The molecule has 100 valence electrons. The third-order valence-electron chi connectivity index (χ3n) is 2.96. The third kappa shape index (κ3) is 3.15. The van der Waals surface area contributed by atoms with Gasteiger partial charge in [-0.2, -0.15) is 0 Å². The Labute approximate surface area is 112 Å². The van der Waals surface area contributed by atoms with Crippen LogP contribution in [-0.2, 0) is 4.79 Å². The van der Waals surface area contributed by atoms with E-state index in [0.717, 1.165) is 16.7 Å². The number of nitrogens with two attached hydrogens (primary N) is 1. The van der Waals surface area contributed by atoms with Crippen molar-refractivity contribution in [2.45, 2.75) is 32.7 Å². The number of benzene rings is 1. The maximum atomic E-state index is 10.6. The van der Waals surface area contributed by atoms with Crippen molar-refractivity contribution in [3.05, 3.63) is 27.8 Å². The van der Waals surface area contributed by atoms with Gasteiger partial charge in [0, 0.05) is 28.6 Å². The molecule has 1 atom stereocenters. The summed E-state index contributed by atoms with van der Waals surface area (Å²) in [6.45, 7) is 3.75. The molecule has 0 radical (unpaired) electrons. The molecule has 0 heterocycles. The quantitative estimate of drug-likeness (QED) is 0.864. The Morgan fingerprint density at radius 3 is 2.67 bits per heavy atom. The number of carboxylic acids is 1. The van der Waals surface area contributed by atoms with E-state index in [9.17, 15) is 4.79 Å². The van der Waals surface area contributed by atoms with Crippen molar-refractivity contribution >= 4 is 17.6 Å². The summed E-state index contributed by atoms with van der Waals surface area (Å²) in [6, 6.07) is 1.46. The Morgan fingerprint density at radius 1 is 1.56 bits per heavy atom. The van der Waals surface area contributed by atoms with Gasteiger partial charge in [-0.1, -0.05) is 11.6 Å². The minimum atomic E-state index is -0.854. The molecule has 0 saturated heterocycles. The summed E-state index contributed by atoms with van der Waals surface area (Å²) in [5.41, 5.74) is 8.63. The minimum Gasteiger partial charge on any atom is -0.496 e. The van der Waals surface area contributed by atoms with E-state index < -0.39 is 5.97 Å². The van der Waals surface area contributed by atoms with Gasteiger partial charge in [0.15, 0.2) is 0 Å². The number of hydrogen-bond donors (Lipinski definition) is 2. The maximum absolute atomic E-state index is 10.6. The Kier molecular flexibility index (Phi) is 4.99. The summed E-state index contributed by atoms with van der Waals surface area (Å²) >= 11 is 6.09. The summed E-state index contributed by atoms with van der Waals surface area (Å²) in [6.07, 6.45) is 0.402. The molecule has 1 aromatic carbocycles. The highest BCUT2D eigenvalue weighted by atomic mass is 35.5. The summed E-state index contributed by atoms with van der Waals surface area (Å²) in [5, 5.41) is 9.32. The zero-order valence-electron chi connectivity index (χ0n) is 10.8. The highest BCUT2D eigenvalue weighted by molar-refractivity contribution is 6.31. The van der Waals surface area contributed by atoms with E-state index >= 15 is 0 Å². The van der Waals surface area contributed by atoms with E-state index in [1.807, 2.05) is 19.9 Å². The third-order valence-corrected chi connectivity index (χ3v) is 3.35. The number of hydrogen-bond acceptors (Lipinski definition) is 3. The average molecular weight is 272 g/mol. The molecular weight excluding hydrogens is 254 g/mol. The van der Waals surface area contributed by atoms with E-state index in [0.29, 0.717) is 17.2 Å². The number of ether oxygens (including phenoxy) is 1. The second-order valence-electron chi connectivity index (χ2n) is 4.29. The number of rotatable bonds is 5. The van der Waals surface area contributed by atoms with Crippen LogP contribution in [0, 0.1) is 13.8 Å². The molecule has 0 spiro atoms. The topological polar surface area (TPSA) is 72.5 Å². The summed E-state index contributed by atoms with van der Waals surface area (Å²) in [4.78, 5) is 10.6. The molecule has 0 amide bonds. The molecule has 0 saturated carbocycles. The summed E-state index contributed by atoms with van der Waals surface area (Å²) < 4.78 is 5.35. The van der Waals surface area contributed by atoms with E-state index in [-0.39, 0.29) is 12.5 Å². The van der Waals surface area contributed by atoms with Crippen LogP contribution in [0.2, 0.25) is 5.02 Å². The molecule has 0 aliphatic rings. The number of halogens is 1. The van der Waals surface area contributed by atoms with Gasteiger partial charge in [0.25, 0.3) is 0 Å². The number of methoxy groups -OCH3 is 1. The van der Waals surface area contributed by atoms with Crippen LogP contribution in [0.5, 0.6) is 5.75 Å². The van der Waals surface area contributed by atoms with Crippen LogP contribution in [0.1, 0.15) is 35.6 Å². The van der Waals surface area contributed by atoms with E-state index in [1.54, 1.807) is 7.11 Å². The Balaban J connectivity index is 3.14. The van der Waals surface area contributed by atoms with Gasteiger partial charge >= 0.3 is 5.97 Å². The van der Waals surface area contributed by atoms with Gasteiger partial charge in [-0.3, -0.25) is 4.79 Å². The number of aliphatic carboxylic acids is 1. The van der Waals surface area contributed by atoms with Crippen LogP contribution in [0.15, 0.2) is 6.07 Å². The minimum absolute atomic E-state index is 0.0332. The molecular formula is C13H18ClNO3. The first-order valence-electron chi connectivity index (χ1n) is 5.69. The molecule has 4 nitrogen and oxygen atoms in total. The van der Waals surface area contributed by atoms with Crippen molar-refractivity contribution in [3.63, 3.8) is 0 Å². The van der Waals surface area contributed by atoms with Crippen LogP contribution in [-0.4, -0.2) is 18.2 Å². The lowest BCUT2D eigenvalue weighted by atomic mass is 9.95. The molecule has 18 heavy (non-hydrogen) atoms. The van der Waals surface area contributed by atoms with Gasteiger partial charge in [-0.15, -0.1) is 0 Å². The Morgan fingerprint density at radius 2 is 2.17 bits per heavy atom. The van der Waals surface area contributed by atoms with Crippen LogP contribution in [0.25, 0.3) is 0 Å². The zero-order chi connectivity index (χ0) is 13.9. The van der Waals surface area contributed by atoms with Gasteiger partial charge in [0.05, 0.1) is 7.11 Å². The second kappa shape index (κ2) is 6.07. The molecule has 0 aromatic heterocycles. The zero-order valence-corrected chi connectivity index (χ0v) is 11.5. The molecule has 0 aliphatic heterocycles. The average Bonchev–Trinajstić information content (AvgIpc) is 2.30. The van der Waals surface area contributed by atoms with Crippen molar-refractivity contribution < 1.29 is 14.6 Å². The van der Waals surface area contributed by atoms with E-state index in [2.05, 4.69) is 0 Å². The number of carboxylic acid groups (broad SMARTS) is 1. The first kappa shape index (κ1) is 14.8. The lowest BCUT2D eigenvalue weighted by molar-refractivity contribution is -0.137. The smallest absolute Gasteiger partial charge is 0.303 e. The van der Waals surface area contributed by atoms with Crippen molar-refractivity contribution in [1.82, 2.24) is 0 Å². The Bertz CT molecular complexity index is 460. The molecule has 3 N–H and O–H groups in total. The SMILES string of the molecule is COc1c(C)c(Cl)cc(C)c1C(N)CCC(=O)O. The molecule has 0 aliphatic carbocycles. The fourth-order valence-corrected chi connectivity index (χ4v) is 2.26. The van der Waals surface area contributed by atoms with Gasteiger partial charge in [0.2, 0.25) is 0 Å². The molecule has 0 fully saturated rings. The van der Waals surface area contributed by atoms with Crippen molar-refractivity contribution in [1.29, 1.82) is 0 Å². The summed E-state index contributed by atoms with van der Waals surface area (Å²) in [7, 11) is 1.56. The molecule has 1 unspecified atom stereocenters. The number of aryl methyl sites for hydroxylation is 1. The standard InChI is InChI=1S/C13H18ClNO3/c1-7-6-9(14)8(2)13(18-3)12(7)10(15)4-5-11(16)17/h6,10H,4-5,15H2,1-3H3,(H,16,17). The predicted molar refractivity (Wildman–Crippen MR) is 71.3 cm³/mol. The maximum Gasteiger partial charge on any atom is 0.303 e. The lowest BCUT2D eigenvalue weighted by Crippen LogP contribution is -2.15. The Hall–Kier alpha value is -1.26. The van der Waals surface area contributed by atoms with Gasteiger partial charge in [0.1, 0.15) is 5.75 Å². The first-order valence-corrected chi connectivity index (χ1v) is 6.07. The molecule has 1 aromatic rings. The molecule has 0 bridgehead atoms. The van der Waals surface area contributed by atoms with Crippen LogP contribution in [0.3, 0.4) is 0 Å². The molecule has 5 heteroatoms. The van der Waals surface area contributed by atoms with Crippen LogP contribution in [0.4, 0.5) is 0 Å². The van der Waals surface area contributed by atoms with Crippen molar-refractivity contribution in [2.75, 3.05) is 7.11 Å². The fourth-order valence-electron chi connectivity index (χ4n) is 2.01. The normalized spacial score (nSPS) is 12.3. The van der Waals surface area contributed by atoms with Gasteiger partial charge in [-0.05, 0) is 31.9 Å². The predicted octanol–water partition coefficient (Wildman–Crippen LogP) is 2.83. The monoisotopic (exact) mass is 271 g/mol. The largest absolute Gasteiger partial charge is 0.496 e.